The van der Waals surface area contributed by atoms with Gasteiger partial charge >= 0.3 is 0 Å². The number of hydrogen-bond acceptors (Lipinski definition) is 4. The van der Waals surface area contributed by atoms with Crippen LogP contribution in [0.3, 0.4) is 0 Å². The molecular formula is C18H18N4O3. The average molecular weight is 338 g/mol. The lowest BCUT2D eigenvalue weighted by Gasteiger charge is -2.39. The first-order valence-electron chi connectivity index (χ1n) is 8.25. The van der Waals surface area contributed by atoms with Gasteiger partial charge in [0.05, 0.1) is 11.6 Å². The molecule has 128 valence electrons. The van der Waals surface area contributed by atoms with Gasteiger partial charge in [-0.05, 0) is 24.5 Å². The Bertz CT molecular complexity index is 902. The highest BCUT2D eigenvalue weighted by atomic mass is 16.2. The summed E-state index contributed by atoms with van der Waals surface area (Å²) >= 11 is 0. The molecule has 1 N–H and O–H groups in total. The van der Waals surface area contributed by atoms with Crippen molar-refractivity contribution in [2.45, 2.75) is 18.3 Å². The van der Waals surface area contributed by atoms with Gasteiger partial charge in [-0.1, -0.05) is 18.2 Å². The van der Waals surface area contributed by atoms with Crippen LogP contribution in [0.5, 0.6) is 0 Å². The number of likely N-dealkylation sites (tertiary alicyclic amines) is 1. The van der Waals surface area contributed by atoms with E-state index in [1.807, 2.05) is 24.3 Å². The first kappa shape index (κ1) is 15.6. The molecule has 25 heavy (non-hydrogen) atoms. The van der Waals surface area contributed by atoms with E-state index in [0.29, 0.717) is 13.1 Å². The fraction of sp³-hybridized carbons (Fsp3) is 0.333. The summed E-state index contributed by atoms with van der Waals surface area (Å²) in [6, 6.07) is 7.75. The number of carbonyl (C=O) groups is 2. The summed E-state index contributed by atoms with van der Waals surface area (Å²) in [4.78, 5) is 46.7. The zero-order valence-corrected chi connectivity index (χ0v) is 13.9. The van der Waals surface area contributed by atoms with Gasteiger partial charge < -0.3 is 14.8 Å². The zero-order valence-electron chi connectivity index (χ0n) is 13.9. The lowest BCUT2D eigenvalue weighted by molar-refractivity contribution is -0.124. The molecule has 1 unspecified atom stereocenters. The van der Waals surface area contributed by atoms with Crippen LogP contribution >= 0.6 is 0 Å². The fourth-order valence-electron chi connectivity index (χ4n) is 3.96. The van der Waals surface area contributed by atoms with Crippen LogP contribution in [-0.4, -0.2) is 46.8 Å². The van der Waals surface area contributed by atoms with Gasteiger partial charge in [0, 0.05) is 32.0 Å². The third kappa shape index (κ3) is 2.26. The minimum absolute atomic E-state index is 0.0284. The molecule has 2 aliphatic rings. The number of nitrogens with zero attached hydrogens (tertiary/aromatic N) is 3. The number of hydrogen-bond donors (Lipinski definition) is 1. The maximum atomic E-state index is 13.0. The Labute approximate surface area is 144 Å². The van der Waals surface area contributed by atoms with Crippen LogP contribution in [0.2, 0.25) is 0 Å². The van der Waals surface area contributed by atoms with Crippen molar-refractivity contribution in [1.29, 1.82) is 0 Å². The third-order valence-electron chi connectivity index (χ3n) is 5.17. The second-order valence-corrected chi connectivity index (χ2v) is 6.59. The summed E-state index contributed by atoms with van der Waals surface area (Å²) in [6.45, 7) is 0.896. The van der Waals surface area contributed by atoms with Crippen molar-refractivity contribution in [3.05, 3.63) is 58.3 Å². The topological polar surface area (TPSA) is 86.4 Å². The molecule has 1 atom stereocenters. The molecule has 3 heterocycles. The fourth-order valence-corrected chi connectivity index (χ4v) is 3.96. The van der Waals surface area contributed by atoms with Crippen molar-refractivity contribution >= 4 is 17.5 Å². The van der Waals surface area contributed by atoms with Gasteiger partial charge in [0.1, 0.15) is 5.69 Å². The van der Waals surface area contributed by atoms with Crippen LogP contribution in [0.15, 0.2) is 41.5 Å². The van der Waals surface area contributed by atoms with Gasteiger partial charge in [0.15, 0.2) is 0 Å². The number of para-hydroxylation sites is 1. The lowest BCUT2D eigenvalue weighted by atomic mass is 9.75. The summed E-state index contributed by atoms with van der Waals surface area (Å²) in [6.07, 6.45) is 3.87. The number of benzene rings is 1. The molecule has 1 spiro atoms. The van der Waals surface area contributed by atoms with Crippen molar-refractivity contribution < 1.29 is 9.59 Å². The number of amides is 2. The van der Waals surface area contributed by atoms with Crippen LogP contribution in [0.4, 0.5) is 5.69 Å². The molecule has 1 aromatic carbocycles. The minimum atomic E-state index is -0.693. The number of aromatic nitrogens is 2. The van der Waals surface area contributed by atoms with E-state index in [1.165, 1.54) is 6.20 Å². The smallest absolute Gasteiger partial charge is 0.274 e. The van der Waals surface area contributed by atoms with Gasteiger partial charge in [-0.15, -0.1) is 0 Å². The van der Waals surface area contributed by atoms with E-state index in [9.17, 15) is 14.4 Å². The molecule has 1 saturated heterocycles. The molecule has 0 saturated carbocycles. The van der Waals surface area contributed by atoms with Gasteiger partial charge in [0.2, 0.25) is 5.91 Å². The van der Waals surface area contributed by atoms with E-state index in [-0.39, 0.29) is 23.1 Å². The molecule has 0 bridgehead atoms. The van der Waals surface area contributed by atoms with Crippen LogP contribution in [0, 0.1) is 0 Å². The van der Waals surface area contributed by atoms with E-state index in [0.717, 1.165) is 30.3 Å². The van der Waals surface area contributed by atoms with Crippen molar-refractivity contribution in [3.8, 4) is 0 Å². The van der Waals surface area contributed by atoms with Crippen LogP contribution < -0.4 is 10.5 Å². The number of carbonyl (C=O) groups excluding carboxylic acids is 2. The standard InChI is InChI=1S/C18H18N4O3/c1-21-14-6-3-2-5-12(14)18(17(21)25)7-4-8-22(11-18)16(24)13-9-20-15(23)10-19-13/h2-3,5-6,9-10H,4,7-8,11H2,1H3,(H,20,23). The number of nitrogens with one attached hydrogen (secondary N) is 1. The Hall–Kier alpha value is -2.96. The van der Waals surface area contributed by atoms with Crippen molar-refractivity contribution in [3.63, 3.8) is 0 Å². The first-order chi connectivity index (χ1) is 12.0. The second-order valence-electron chi connectivity index (χ2n) is 6.59. The SMILES string of the molecule is CN1C(=O)C2(CCCN(C(=O)c3c[nH]c(=O)cn3)C2)c2ccccc21. The Balaban J connectivity index is 1.69. The molecule has 0 aliphatic carbocycles. The third-order valence-corrected chi connectivity index (χ3v) is 5.17. The summed E-state index contributed by atoms with van der Waals surface area (Å²) in [7, 11) is 1.78. The highest BCUT2D eigenvalue weighted by molar-refractivity contribution is 6.08. The maximum Gasteiger partial charge on any atom is 0.274 e. The molecule has 0 radical (unpaired) electrons. The van der Waals surface area contributed by atoms with E-state index < -0.39 is 5.41 Å². The normalized spacial score (nSPS) is 22.4. The summed E-state index contributed by atoms with van der Waals surface area (Å²) in [5.74, 6) is -0.240. The van der Waals surface area contributed by atoms with E-state index in [4.69, 9.17) is 0 Å². The predicted octanol–water partition coefficient (Wildman–Crippen LogP) is 0.920. The number of fused-ring (bicyclic) bond motifs is 2. The van der Waals surface area contributed by atoms with Crippen molar-refractivity contribution in [2.75, 3.05) is 25.0 Å². The number of aromatic amines is 1. The van der Waals surface area contributed by atoms with Crippen LogP contribution in [0.25, 0.3) is 0 Å². The van der Waals surface area contributed by atoms with Gasteiger partial charge in [0.25, 0.3) is 11.5 Å². The van der Waals surface area contributed by atoms with Crippen LogP contribution in [-0.2, 0) is 10.2 Å². The monoisotopic (exact) mass is 338 g/mol. The Kier molecular flexibility index (Phi) is 3.45. The molecule has 7 heteroatoms. The van der Waals surface area contributed by atoms with Gasteiger partial charge in [-0.3, -0.25) is 14.4 Å². The minimum Gasteiger partial charge on any atom is -0.336 e. The molecule has 4 rings (SSSR count). The maximum absolute atomic E-state index is 13.0. The lowest BCUT2D eigenvalue weighted by Crippen LogP contribution is -2.53. The van der Waals surface area contributed by atoms with E-state index in [2.05, 4.69) is 9.97 Å². The Morgan fingerprint density at radius 2 is 2.08 bits per heavy atom. The molecule has 1 aromatic heterocycles. The molecule has 2 amide bonds. The van der Waals surface area contributed by atoms with Crippen molar-refractivity contribution in [2.24, 2.45) is 0 Å². The van der Waals surface area contributed by atoms with E-state index >= 15 is 0 Å². The molecule has 2 aliphatic heterocycles. The average Bonchev–Trinajstić information content (AvgIpc) is 2.85. The Morgan fingerprint density at radius 3 is 2.84 bits per heavy atom. The summed E-state index contributed by atoms with van der Waals surface area (Å²) in [5.41, 5.74) is 1.02. The largest absolute Gasteiger partial charge is 0.336 e. The van der Waals surface area contributed by atoms with Gasteiger partial charge in [-0.25, -0.2) is 4.98 Å². The molecule has 7 nitrogen and oxygen atoms in total. The highest BCUT2D eigenvalue weighted by Crippen LogP contribution is 2.46. The number of anilines is 1. The van der Waals surface area contributed by atoms with Crippen LogP contribution in [0.1, 0.15) is 28.9 Å². The zero-order chi connectivity index (χ0) is 17.6. The summed E-state index contributed by atoms with van der Waals surface area (Å²) in [5, 5.41) is 0. The number of rotatable bonds is 1. The number of likely N-dealkylation sites (N-methyl/N-ethyl adjacent to an activating group) is 1. The second kappa shape index (κ2) is 5.54. The Morgan fingerprint density at radius 1 is 1.28 bits per heavy atom. The highest BCUT2D eigenvalue weighted by Gasteiger charge is 2.52. The molecule has 1 fully saturated rings. The quantitative estimate of drug-likeness (QED) is 0.838. The van der Waals surface area contributed by atoms with Gasteiger partial charge in [-0.2, -0.15) is 0 Å². The number of H-pyrrole nitrogens is 1. The van der Waals surface area contributed by atoms with E-state index in [1.54, 1.807) is 16.8 Å². The molecule has 2 aromatic rings. The van der Waals surface area contributed by atoms with Crippen molar-refractivity contribution in [1.82, 2.24) is 14.9 Å². The summed E-state index contributed by atoms with van der Waals surface area (Å²) < 4.78 is 0. The number of piperidine rings is 1. The molecular weight excluding hydrogens is 320 g/mol. The predicted molar refractivity (Wildman–Crippen MR) is 91.5 cm³/mol. The first-order valence-corrected chi connectivity index (χ1v) is 8.25.